The maximum atomic E-state index is 12.3. The van der Waals surface area contributed by atoms with E-state index in [1.165, 1.54) is 5.56 Å². The second kappa shape index (κ2) is 14.5. The Bertz CT molecular complexity index is 1070. The quantitative estimate of drug-likeness (QED) is 0.229. The van der Waals surface area contributed by atoms with E-state index in [0.717, 1.165) is 74.7 Å². The van der Waals surface area contributed by atoms with Crippen LogP contribution in [-0.2, 0) is 38.5 Å². The molecule has 1 N–H and O–H groups in total. The molecule has 0 saturated heterocycles. The highest BCUT2D eigenvalue weighted by Crippen LogP contribution is 2.48. The van der Waals surface area contributed by atoms with Gasteiger partial charge in [-0.2, -0.15) is 0 Å². The number of hydrogen-bond donors (Lipinski definition) is 1. The van der Waals surface area contributed by atoms with Crippen molar-refractivity contribution in [3.8, 4) is 5.75 Å². The molecule has 0 radical (unpaired) electrons. The Labute approximate surface area is 233 Å². The number of esters is 2. The van der Waals surface area contributed by atoms with Gasteiger partial charge in [0.25, 0.3) is 0 Å². The topological polar surface area (TPSA) is 82.1 Å². The normalized spacial score (nSPS) is 22.4. The van der Waals surface area contributed by atoms with Crippen LogP contribution in [0.3, 0.4) is 0 Å². The smallest absolute Gasteiger partial charge is 0.344 e. The SMILES string of the molecule is CCCCC[C@@H](CC[C@@H]1[C@H]2Cc3cccc(OCC(=O)OCc4ccccc4)c3C[C@H]2C[C@H]1O)OC(=O)CC. The summed E-state index contributed by atoms with van der Waals surface area (Å²) < 4.78 is 17.1. The number of hydrogen-bond acceptors (Lipinski definition) is 6. The Morgan fingerprint density at radius 1 is 0.974 bits per heavy atom. The van der Waals surface area contributed by atoms with Crippen LogP contribution >= 0.6 is 0 Å². The summed E-state index contributed by atoms with van der Waals surface area (Å²) in [6, 6.07) is 15.7. The molecular formula is C33H44O6. The van der Waals surface area contributed by atoms with Crippen molar-refractivity contribution in [3.05, 3.63) is 65.2 Å². The molecule has 4 rings (SSSR count). The van der Waals surface area contributed by atoms with Gasteiger partial charge < -0.3 is 19.3 Å². The fourth-order valence-electron chi connectivity index (χ4n) is 6.39. The third-order valence-electron chi connectivity index (χ3n) is 8.47. The summed E-state index contributed by atoms with van der Waals surface area (Å²) in [6.45, 7) is 4.12. The molecular weight excluding hydrogens is 492 g/mol. The highest BCUT2D eigenvalue weighted by molar-refractivity contribution is 5.71. The van der Waals surface area contributed by atoms with E-state index in [4.69, 9.17) is 14.2 Å². The van der Waals surface area contributed by atoms with E-state index >= 15 is 0 Å². The summed E-state index contributed by atoms with van der Waals surface area (Å²) in [4.78, 5) is 24.3. The Hall–Kier alpha value is -2.86. The highest BCUT2D eigenvalue weighted by Gasteiger charge is 2.45. The molecule has 0 aromatic heterocycles. The first-order valence-corrected chi connectivity index (χ1v) is 14.8. The van der Waals surface area contributed by atoms with Crippen molar-refractivity contribution in [2.75, 3.05) is 6.61 Å². The first kappa shape index (κ1) is 29.1. The number of rotatable bonds is 14. The molecule has 2 aromatic carbocycles. The maximum absolute atomic E-state index is 12.3. The van der Waals surface area contributed by atoms with E-state index in [1.54, 1.807) is 0 Å². The standard InChI is InChI=1S/C33H44O6/c1-3-5-7-14-26(39-32(35)4-2)16-17-27-28-18-24-13-10-15-31(29(24)19-25(28)20-30(27)34)37-22-33(36)38-21-23-11-8-6-9-12-23/h6,8-13,15,25-28,30,34H,3-5,7,14,16-22H2,1-2H3/t25-,26-,27+,28-,30+/m0/s1. The summed E-state index contributed by atoms with van der Waals surface area (Å²) in [5.41, 5.74) is 3.33. The van der Waals surface area contributed by atoms with Crippen molar-refractivity contribution >= 4 is 11.9 Å². The number of carbonyl (C=O) groups is 2. The van der Waals surface area contributed by atoms with Gasteiger partial charge in [-0.25, -0.2) is 4.79 Å². The third kappa shape index (κ3) is 8.07. The second-order valence-electron chi connectivity index (χ2n) is 11.2. The molecule has 1 saturated carbocycles. The van der Waals surface area contributed by atoms with Gasteiger partial charge in [-0.3, -0.25) is 4.79 Å². The Morgan fingerprint density at radius 2 is 1.79 bits per heavy atom. The van der Waals surface area contributed by atoms with Crippen molar-refractivity contribution in [1.29, 1.82) is 0 Å². The van der Waals surface area contributed by atoms with Crippen LogP contribution in [-0.4, -0.2) is 35.9 Å². The Kier molecular flexibility index (Phi) is 10.8. The van der Waals surface area contributed by atoms with Gasteiger partial charge in [-0.1, -0.05) is 69.2 Å². The highest BCUT2D eigenvalue weighted by atomic mass is 16.6. The van der Waals surface area contributed by atoms with Gasteiger partial charge in [-0.15, -0.1) is 0 Å². The minimum atomic E-state index is -0.390. The van der Waals surface area contributed by atoms with E-state index in [2.05, 4.69) is 13.0 Å². The van der Waals surface area contributed by atoms with Crippen molar-refractivity contribution in [1.82, 2.24) is 0 Å². The summed E-state index contributed by atoms with van der Waals surface area (Å²) >= 11 is 0. The van der Waals surface area contributed by atoms with Crippen LogP contribution in [0.15, 0.2) is 48.5 Å². The molecule has 212 valence electrons. The van der Waals surface area contributed by atoms with Gasteiger partial charge in [0.2, 0.25) is 0 Å². The van der Waals surface area contributed by atoms with Crippen molar-refractivity contribution < 1.29 is 28.9 Å². The van der Waals surface area contributed by atoms with Crippen molar-refractivity contribution in [2.45, 2.75) is 96.9 Å². The van der Waals surface area contributed by atoms with Gasteiger partial charge >= 0.3 is 11.9 Å². The molecule has 0 amide bonds. The number of unbranched alkanes of at least 4 members (excludes halogenated alkanes) is 2. The molecule has 39 heavy (non-hydrogen) atoms. The molecule has 6 heteroatoms. The molecule has 2 aromatic rings. The fraction of sp³-hybridized carbons (Fsp3) is 0.576. The van der Waals surface area contributed by atoms with E-state index in [0.29, 0.717) is 18.3 Å². The van der Waals surface area contributed by atoms with Crippen molar-refractivity contribution in [3.63, 3.8) is 0 Å². The van der Waals surface area contributed by atoms with E-state index < -0.39 is 5.97 Å². The average Bonchev–Trinajstić information content (AvgIpc) is 3.26. The predicted molar refractivity (Wildman–Crippen MR) is 150 cm³/mol. The average molecular weight is 537 g/mol. The van der Waals surface area contributed by atoms with Gasteiger partial charge in [0, 0.05) is 6.42 Å². The molecule has 0 bridgehead atoms. The molecule has 0 unspecified atom stereocenters. The zero-order valence-electron chi connectivity index (χ0n) is 23.5. The monoisotopic (exact) mass is 536 g/mol. The molecule has 1 fully saturated rings. The summed E-state index contributed by atoms with van der Waals surface area (Å²) in [5, 5.41) is 11.1. The number of benzene rings is 2. The van der Waals surface area contributed by atoms with Crippen LogP contribution < -0.4 is 4.74 Å². The maximum Gasteiger partial charge on any atom is 0.344 e. The van der Waals surface area contributed by atoms with E-state index in [9.17, 15) is 14.7 Å². The molecule has 5 atom stereocenters. The number of aliphatic hydroxyl groups is 1. The first-order chi connectivity index (χ1) is 19.0. The van der Waals surface area contributed by atoms with Crippen LogP contribution in [0.2, 0.25) is 0 Å². The van der Waals surface area contributed by atoms with Crippen molar-refractivity contribution in [2.24, 2.45) is 17.8 Å². The minimum Gasteiger partial charge on any atom is -0.482 e. The van der Waals surface area contributed by atoms with Crippen LogP contribution in [0.5, 0.6) is 5.75 Å². The Morgan fingerprint density at radius 3 is 2.56 bits per heavy atom. The molecule has 0 aliphatic heterocycles. The zero-order chi connectivity index (χ0) is 27.6. The Balaban J connectivity index is 1.34. The predicted octanol–water partition coefficient (Wildman–Crippen LogP) is 6.20. The molecule has 0 spiro atoms. The minimum absolute atomic E-state index is 0.0622. The lowest BCUT2D eigenvalue weighted by molar-refractivity contribution is -0.150. The molecule has 6 nitrogen and oxygen atoms in total. The van der Waals surface area contributed by atoms with E-state index in [-0.39, 0.29) is 37.3 Å². The summed E-state index contributed by atoms with van der Waals surface area (Å²) in [5.74, 6) is 1.20. The largest absolute Gasteiger partial charge is 0.482 e. The van der Waals surface area contributed by atoms with Gasteiger partial charge in [0.05, 0.1) is 6.10 Å². The molecule has 2 aliphatic rings. The fourth-order valence-corrected chi connectivity index (χ4v) is 6.39. The first-order valence-electron chi connectivity index (χ1n) is 14.8. The van der Waals surface area contributed by atoms with E-state index in [1.807, 2.05) is 49.4 Å². The number of aliphatic hydroxyl groups excluding tert-OH is 1. The lowest BCUT2D eigenvalue weighted by Gasteiger charge is -2.32. The van der Waals surface area contributed by atoms with Crippen LogP contribution in [0.1, 0.15) is 81.9 Å². The van der Waals surface area contributed by atoms with Crippen LogP contribution in [0, 0.1) is 17.8 Å². The number of carbonyl (C=O) groups excluding carboxylic acids is 2. The van der Waals surface area contributed by atoms with Gasteiger partial charge in [-0.05, 0) is 85.5 Å². The van der Waals surface area contributed by atoms with Crippen LogP contribution in [0.4, 0.5) is 0 Å². The lowest BCUT2D eigenvalue weighted by atomic mass is 9.73. The lowest BCUT2D eigenvalue weighted by Crippen LogP contribution is -2.29. The molecule has 0 heterocycles. The third-order valence-corrected chi connectivity index (χ3v) is 8.47. The second-order valence-corrected chi connectivity index (χ2v) is 11.2. The van der Waals surface area contributed by atoms with Gasteiger partial charge in [0.15, 0.2) is 6.61 Å². The number of ether oxygens (including phenoxy) is 3. The number of fused-ring (bicyclic) bond motifs is 2. The van der Waals surface area contributed by atoms with Crippen LogP contribution in [0.25, 0.3) is 0 Å². The zero-order valence-corrected chi connectivity index (χ0v) is 23.5. The molecule has 2 aliphatic carbocycles. The summed E-state index contributed by atoms with van der Waals surface area (Å²) in [7, 11) is 0. The summed E-state index contributed by atoms with van der Waals surface area (Å²) in [6.07, 6.45) is 8.42. The van der Waals surface area contributed by atoms with Gasteiger partial charge in [0.1, 0.15) is 18.5 Å².